The maximum atomic E-state index is 13.8. The molecule has 2 aliphatic rings. The van der Waals surface area contributed by atoms with Gasteiger partial charge in [-0.25, -0.2) is 13.6 Å². The molecule has 0 bridgehead atoms. The van der Waals surface area contributed by atoms with Crippen molar-refractivity contribution in [2.75, 3.05) is 6.54 Å². The molecule has 5 nitrogen and oxygen atoms in total. The lowest BCUT2D eigenvalue weighted by molar-refractivity contribution is -0.131. The van der Waals surface area contributed by atoms with Crippen molar-refractivity contribution in [3.8, 4) is 0 Å². The molecule has 0 aromatic heterocycles. The first kappa shape index (κ1) is 17.3. The zero-order valence-electron chi connectivity index (χ0n) is 14.3. The highest BCUT2D eigenvalue weighted by molar-refractivity contribution is 6.11. The van der Waals surface area contributed by atoms with Crippen molar-refractivity contribution in [1.29, 1.82) is 0 Å². The van der Waals surface area contributed by atoms with Crippen molar-refractivity contribution in [3.05, 3.63) is 70.8 Å². The number of aryl methyl sites for hydroxylation is 1. The predicted molar refractivity (Wildman–Crippen MR) is 92.0 cm³/mol. The number of hydrogen-bond donors (Lipinski definition) is 1. The molecular weight excluding hydrogens is 354 g/mol. The van der Waals surface area contributed by atoms with Crippen molar-refractivity contribution in [2.45, 2.75) is 24.8 Å². The molecule has 27 heavy (non-hydrogen) atoms. The minimum absolute atomic E-state index is 0.410. The molecule has 1 atom stereocenters. The molecule has 1 heterocycles. The van der Waals surface area contributed by atoms with Crippen molar-refractivity contribution < 1.29 is 23.2 Å². The number of amides is 3. The highest BCUT2D eigenvalue weighted by Crippen LogP contribution is 2.39. The van der Waals surface area contributed by atoms with E-state index in [1.165, 1.54) is 0 Å². The van der Waals surface area contributed by atoms with Crippen molar-refractivity contribution >= 4 is 17.7 Å². The van der Waals surface area contributed by atoms with E-state index in [4.69, 9.17) is 0 Å². The van der Waals surface area contributed by atoms with Gasteiger partial charge in [0, 0.05) is 0 Å². The number of carbonyl (C=O) groups excluding carboxylic acids is 3. The second-order valence-corrected chi connectivity index (χ2v) is 6.76. The number of ketones is 1. The average Bonchev–Trinajstić information content (AvgIpc) is 2.87. The number of fused-ring (bicyclic) bond motifs is 2. The van der Waals surface area contributed by atoms with E-state index in [0.29, 0.717) is 18.4 Å². The van der Waals surface area contributed by atoms with Crippen LogP contribution in [0.15, 0.2) is 42.5 Å². The standard InChI is InChI=1S/C20H16F2N2O3/c21-14-8-3-9-15(22)17(14)16(25)11-24-18(26)20(23-19(24)27)10-4-6-12-5-1-2-7-13(12)20/h1-3,5,7-9H,4,6,10-11H2,(H,23,27)/t20-/m1/s1. The Kier molecular flexibility index (Phi) is 4.02. The fourth-order valence-corrected chi connectivity index (χ4v) is 3.94. The van der Waals surface area contributed by atoms with Crippen LogP contribution in [0.2, 0.25) is 0 Å². The van der Waals surface area contributed by atoms with Gasteiger partial charge in [-0.15, -0.1) is 0 Å². The SMILES string of the molecule is O=C(CN1C(=O)N[C@@]2(CCCc3ccccc32)C1=O)c1c(F)cccc1F. The molecule has 1 aliphatic carbocycles. The first-order chi connectivity index (χ1) is 12.9. The van der Waals surface area contributed by atoms with Crippen LogP contribution in [0.1, 0.15) is 34.3 Å². The number of rotatable bonds is 3. The normalized spacial score (nSPS) is 21.3. The van der Waals surface area contributed by atoms with Gasteiger partial charge in [-0.05, 0) is 42.5 Å². The largest absolute Gasteiger partial charge is 0.325 e. The van der Waals surface area contributed by atoms with E-state index in [1.807, 2.05) is 12.1 Å². The third-order valence-electron chi connectivity index (χ3n) is 5.19. The molecule has 1 N–H and O–H groups in total. The molecule has 1 spiro atoms. The maximum Gasteiger partial charge on any atom is 0.325 e. The summed E-state index contributed by atoms with van der Waals surface area (Å²) in [7, 11) is 0. The number of benzene rings is 2. The van der Waals surface area contributed by atoms with Gasteiger partial charge in [0.05, 0.1) is 12.1 Å². The predicted octanol–water partition coefficient (Wildman–Crippen LogP) is 2.93. The van der Waals surface area contributed by atoms with E-state index >= 15 is 0 Å². The number of carbonyl (C=O) groups is 3. The van der Waals surface area contributed by atoms with E-state index in [1.54, 1.807) is 12.1 Å². The number of nitrogens with one attached hydrogen (secondary N) is 1. The molecule has 3 amide bonds. The molecular formula is C20H16F2N2O3. The average molecular weight is 370 g/mol. The number of urea groups is 1. The van der Waals surface area contributed by atoms with Crippen molar-refractivity contribution in [1.82, 2.24) is 10.2 Å². The third-order valence-corrected chi connectivity index (χ3v) is 5.19. The Balaban J connectivity index is 1.66. The summed E-state index contributed by atoms with van der Waals surface area (Å²) in [5, 5.41) is 2.71. The molecule has 1 fully saturated rings. The summed E-state index contributed by atoms with van der Waals surface area (Å²) in [6.07, 6.45) is 1.90. The van der Waals surface area contributed by atoms with Crippen LogP contribution >= 0.6 is 0 Å². The number of halogens is 2. The minimum Gasteiger partial charge on any atom is -0.319 e. The highest BCUT2D eigenvalue weighted by atomic mass is 19.1. The van der Waals surface area contributed by atoms with Gasteiger partial charge >= 0.3 is 6.03 Å². The second-order valence-electron chi connectivity index (χ2n) is 6.76. The summed E-state index contributed by atoms with van der Waals surface area (Å²) >= 11 is 0. The van der Waals surface area contributed by atoms with Crippen LogP contribution in [0.25, 0.3) is 0 Å². The topological polar surface area (TPSA) is 66.5 Å². The van der Waals surface area contributed by atoms with Gasteiger partial charge < -0.3 is 5.32 Å². The van der Waals surface area contributed by atoms with Gasteiger partial charge in [0.25, 0.3) is 5.91 Å². The number of imide groups is 1. The van der Waals surface area contributed by atoms with E-state index < -0.39 is 47.0 Å². The summed E-state index contributed by atoms with van der Waals surface area (Å²) in [6.45, 7) is -0.716. The lowest BCUT2D eigenvalue weighted by atomic mass is 9.76. The Morgan fingerprint density at radius 3 is 2.52 bits per heavy atom. The molecule has 0 radical (unpaired) electrons. The second kappa shape index (κ2) is 6.26. The smallest absolute Gasteiger partial charge is 0.319 e. The maximum absolute atomic E-state index is 13.8. The third kappa shape index (κ3) is 2.61. The monoisotopic (exact) mass is 370 g/mol. The summed E-state index contributed by atoms with van der Waals surface area (Å²) < 4.78 is 27.7. The number of hydrogen-bond acceptors (Lipinski definition) is 3. The van der Waals surface area contributed by atoms with Crippen LogP contribution in [0.4, 0.5) is 13.6 Å². The first-order valence-electron chi connectivity index (χ1n) is 8.64. The van der Waals surface area contributed by atoms with E-state index in [9.17, 15) is 23.2 Å². The van der Waals surface area contributed by atoms with E-state index in [0.717, 1.165) is 35.1 Å². The first-order valence-corrected chi connectivity index (χ1v) is 8.64. The van der Waals surface area contributed by atoms with Crippen LogP contribution in [-0.4, -0.2) is 29.2 Å². The summed E-state index contributed by atoms with van der Waals surface area (Å²) in [5.74, 6) is -3.57. The lowest BCUT2D eigenvalue weighted by Crippen LogP contribution is -2.46. The van der Waals surface area contributed by atoms with Crippen molar-refractivity contribution in [2.24, 2.45) is 0 Å². The minimum atomic E-state index is -1.22. The van der Waals surface area contributed by atoms with Gasteiger partial charge in [-0.2, -0.15) is 0 Å². The van der Waals surface area contributed by atoms with Crippen LogP contribution in [0, 0.1) is 11.6 Å². The molecule has 0 saturated carbocycles. The summed E-state index contributed by atoms with van der Waals surface area (Å²) in [6, 6.07) is 9.66. The Morgan fingerprint density at radius 1 is 1.07 bits per heavy atom. The Morgan fingerprint density at radius 2 is 1.78 bits per heavy atom. The molecule has 2 aromatic carbocycles. The molecule has 1 aliphatic heterocycles. The molecule has 2 aromatic rings. The van der Waals surface area contributed by atoms with Gasteiger partial charge in [-0.1, -0.05) is 30.3 Å². The van der Waals surface area contributed by atoms with E-state index in [2.05, 4.69) is 5.32 Å². The van der Waals surface area contributed by atoms with Gasteiger partial charge in [-0.3, -0.25) is 14.5 Å². The number of nitrogens with zero attached hydrogens (tertiary/aromatic N) is 1. The zero-order chi connectivity index (χ0) is 19.2. The zero-order valence-corrected chi connectivity index (χ0v) is 14.3. The van der Waals surface area contributed by atoms with Gasteiger partial charge in [0.15, 0.2) is 5.78 Å². The Labute approximate surface area is 154 Å². The summed E-state index contributed by atoms with van der Waals surface area (Å²) in [5.41, 5.74) is -0.296. The Hall–Kier alpha value is -3.09. The highest BCUT2D eigenvalue weighted by Gasteiger charge is 2.54. The Bertz CT molecular complexity index is 955. The van der Waals surface area contributed by atoms with Crippen LogP contribution in [-0.2, 0) is 16.8 Å². The number of Topliss-reactive ketones (excluding diaryl/α,β-unsaturated/α-hetero) is 1. The quantitative estimate of drug-likeness (QED) is 0.667. The fourth-order valence-electron chi connectivity index (χ4n) is 3.94. The molecule has 4 rings (SSSR count). The molecule has 0 unspecified atom stereocenters. The van der Waals surface area contributed by atoms with Crippen LogP contribution in [0.5, 0.6) is 0 Å². The van der Waals surface area contributed by atoms with Gasteiger partial charge in [0.1, 0.15) is 17.2 Å². The van der Waals surface area contributed by atoms with E-state index in [-0.39, 0.29) is 0 Å². The van der Waals surface area contributed by atoms with Crippen molar-refractivity contribution in [3.63, 3.8) is 0 Å². The fraction of sp³-hybridized carbons (Fsp3) is 0.250. The van der Waals surface area contributed by atoms with Gasteiger partial charge in [0.2, 0.25) is 0 Å². The van der Waals surface area contributed by atoms with Crippen LogP contribution < -0.4 is 5.32 Å². The molecule has 7 heteroatoms. The summed E-state index contributed by atoms with van der Waals surface area (Å²) in [4.78, 5) is 38.7. The van der Waals surface area contributed by atoms with Crippen LogP contribution in [0.3, 0.4) is 0 Å². The lowest BCUT2D eigenvalue weighted by Gasteiger charge is -2.33. The molecule has 138 valence electrons. The molecule has 1 saturated heterocycles.